The third-order valence-corrected chi connectivity index (χ3v) is 3.85. The molecule has 0 unspecified atom stereocenters. The summed E-state index contributed by atoms with van der Waals surface area (Å²) in [5.41, 5.74) is 4.94. The van der Waals surface area contributed by atoms with Crippen LogP contribution in [0.4, 0.5) is 10.5 Å². The van der Waals surface area contributed by atoms with Crippen LogP contribution in [0.15, 0.2) is 42.5 Å². The van der Waals surface area contributed by atoms with Crippen LogP contribution in [-0.4, -0.2) is 36.7 Å². The minimum atomic E-state index is -0.648. The molecule has 9 nitrogen and oxygen atoms in total. The second-order valence-corrected chi connectivity index (χ2v) is 8.15. The van der Waals surface area contributed by atoms with Gasteiger partial charge in [0.1, 0.15) is 5.60 Å². The maximum Gasteiger partial charge on any atom is 0.412 e. The highest BCUT2D eigenvalue weighted by Crippen LogP contribution is 2.28. The lowest BCUT2D eigenvalue weighted by Gasteiger charge is -2.19. The van der Waals surface area contributed by atoms with E-state index in [9.17, 15) is 14.4 Å². The average Bonchev–Trinajstić information content (AvgIpc) is 2.70. The summed E-state index contributed by atoms with van der Waals surface area (Å²) >= 11 is 0. The normalized spacial score (nSPS) is 10.8. The van der Waals surface area contributed by atoms with Crippen molar-refractivity contribution < 1.29 is 28.6 Å². The number of hydrogen-bond acceptors (Lipinski definition) is 6. The van der Waals surface area contributed by atoms with Crippen molar-refractivity contribution in [2.24, 2.45) is 0 Å². The first kappa shape index (κ1) is 24.5. The van der Waals surface area contributed by atoms with Gasteiger partial charge in [0.2, 0.25) is 0 Å². The van der Waals surface area contributed by atoms with Crippen LogP contribution in [0.2, 0.25) is 0 Å². The molecular weight excluding hydrogens is 414 g/mol. The summed E-state index contributed by atoms with van der Waals surface area (Å²) in [6, 6.07) is 10.9. The van der Waals surface area contributed by atoms with Gasteiger partial charge in [0.25, 0.3) is 11.8 Å². The predicted molar refractivity (Wildman–Crippen MR) is 120 cm³/mol. The molecule has 32 heavy (non-hydrogen) atoms. The van der Waals surface area contributed by atoms with Gasteiger partial charge < -0.3 is 14.2 Å². The molecule has 0 heterocycles. The van der Waals surface area contributed by atoms with Gasteiger partial charge in [0.05, 0.1) is 13.2 Å². The predicted octanol–water partition coefficient (Wildman–Crippen LogP) is 3.90. The first-order chi connectivity index (χ1) is 15.0. The second kappa shape index (κ2) is 10.5. The monoisotopic (exact) mass is 443 g/mol. The number of carbonyl (C=O) groups is 3. The molecule has 9 heteroatoms. The fourth-order valence-electron chi connectivity index (χ4n) is 2.58. The SMILES string of the molecule is COc1cc(C(=O)NNC(=O)c2cccc(NC(=O)OC(C)(C)C)c2)ccc1OC(C)C. The van der Waals surface area contributed by atoms with Gasteiger partial charge in [-0.05, 0) is 71.0 Å². The largest absolute Gasteiger partial charge is 0.493 e. The summed E-state index contributed by atoms with van der Waals surface area (Å²) in [5, 5.41) is 2.56. The molecule has 0 aliphatic heterocycles. The maximum absolute atomic E-state index is 12.4. The molecule has 0 saturated carbocycles. The van der Waals surface area contributed by atoms with Crippen LogP contribution in [0.5, 0.6) is 11.5 Å². The maximum atomic E-state index is 12.4. The standard InChI is InChI=1S/C23H29N3O6/c1-14(2)31-18-11-10-16(13-19(18)30-6)21(28)26-25-20(27)15-8-7-9-17(12-15)24-22(29)32-23(3,4)5/h7-14H,1-6H3,(H,24,29)(H,25,27)(H,26,28). The Labute approximate surface area is 187 Å². The van der Waals surface area contributed by atoms with E-state index >= 15 is 0 Å². The number of amides is 3. The van der Waals surface area contributed by atoms with Gasteiger partial charge in [-0.3, -0.25) is 25.8 Å². The minimum Gasteiger partial charge on any atom is -0.493 e. The molecule has 0 saturated heterocycles. The molecule has 0 aromatic heterocycles. The van der Waals surface area contributed by atoms with Crippen molar-refractivity contribution in [3.05, 3.63) is 53.6 Å². The molecule has 3 amide bonds. The Bertz CT molecular complexity index is 982. The van der Waals surface area contributed by atoms with Gasteiger partial charge >= 0.3 is 6.09 Å². The van der Waals surface area contributed by atoms with E-state index in [0.717, 1.165) is 0 Å². The Kier molecular flexibility index (Phi) is 8.06. The summed E-state index contributed by atoms with van der Waals surface area (Å²) in [7, 11) is 1.48. The Balaban J connectivity index is 2.00. The number of benzene rings is 2. The Morgan fingerprint density at radius 2 is 1.50 bits per heavy atom. The molecule has 0 aliphatic carbocycles. The molecule has 0 spiro atoms. The van der Waals surface area contributed by atoms with Crippen molar-refractivity contribution in [1.82, 2.24) is 10.9 Å². The van der Waals surface area contributed by atoms with Crippen LogP contribution in [0.25, 0.3) is 0 Å². The van der Waals surface area contributed by atoms with Gasteiger partial charge in [-0.1, -0.05) is 6.07 Å². The zero-order chi connectivity index (χ0) is 23.9. The lowest BCUT2D eigenvalue weighted by atomic mass is 10.2. The van der Waals surface area contributed by atoms with E-state index < -0.39 is 23.5 Å². The third-order valence-electron chi connectivity index (χ3n) is 3.85. The first-order valence-electron chi connectivity index (χ1n) is 10.0. The van der Waals surface area contributed by atoms with Crippen molar-refractivity contribution in [3.8, 4) is 11.5 Å². The van der Waals surface area contributed by atoms with Crippen LogP contribution in [0, 0.1) is 0 Å². The zero-order valence-corrected chi connectivity index (χ0v) is 19.1. The van der Waals surface area contributed by atoms with Gasteiger partial charge in [0.15, 0.2) is 11.5 Å². The fraction of sp³-hybridized carbons (Fsp3) is 0.348. The van der Waals surface area contributed by atoms with E-state index in [1.165, 1.54) is 19.2 Å². The first-order valence-corrected chi connectivity index (χ1v) is 10.0. The molecular formula is C23H29N3O6. The van der Waals surface area contributed by atoms with Crippen molar-refractivity contribution in [2.45, 2.75) is 46.3 Å². The van der Waals surface area contributed by atoms with Crippen LogP contribution < -0.4 is 25.6 Å². The van der Waals surface area contributed by atoms with Crippen molar-refractivity contribution in [1.29, 1.82) is 0 Å². The zero-order valence-electron chi connectivity index (χ0n) is 19.1. The smallest absolute Gasteiger partial charge is 0.412 e. The highest BCUT2D eigenvalue weighted by molar-refractivity contribution is 6.00. The van der Waals surface area contributed by atoms with Gasteiger partial charge in [-0.2, -0.15) is 0 Å². The van der Waals surface area contributed by atoms with Crippen molar-refractivity contribution >= 4 is 23.6 Å². The number of hydrogen-bond donors (Lipinski definition) is 3. The summed E-state index contributed by atoms with van der Waals surface area (Å²) in [4.78, 5) is 36.8. The average molecular weight is 444 g/mol. The lowest BCUT2D eigenvalue weighted by Crippen LogP contribution is -2.41. The van der Waals surface area contributed by atoms with E-state index in [2.05, 4.69) is 16.2 Å². The van der Waals surface area contributed by atoms with E-state index in [1.54, 1.807) is 51.1 Å². The summed E-state index contributed by atoms with van der Waals surface area (Å²) < 4.78 is 16.1. The number of methoxy groups -OCH3 is 1. The highest BCUT2D eigenvalue weighted by Gasteiger charge is 2.17. The lowest BCUT2D eigenvalue weighted by molar-refractivity contribution is 0.0635. The molecule has 172 valence electrons. The molecule has 2 aromatic carbocycles. The van der Waals surface area contributed by atoms with E-state index in [-0.39, 0.29) is 17.2 Å². The van der Waals surface area contributed by atoms with Crippen molar-refractivity contribution in [2.75, 3.05) is 12.4 Å². The van der Waals surface area contributed by atoms with Gasteiger partial charge in [-0.25, -0.2) is 4.79 Å². The number of hydrazine groups is 1. The van der Waals surface area contributed by atoms with Crippen molar-refractivity contribution in [3.63, 3.8) is 0 Å². The summed E-state index contributed by atoms with van der Waals surface area (Å²) in [5.74, 6) is -0.176. The van der Waals surface area contributed by atoms with E-state index in [0.29, 0.717) is 17.2 Å². The fourth-order valence-corrected chi connectivity index (χ4v) is 2.58. The topological polar surface area (TPSA) is 115 Å². The second-order valence-electron chi connectivity index (χ2n) is 8.15. The quantitative estimate of drug-likeness (QED) is 0.583. The molecule has 0 atom stereocenters. The Morgan fingerprint density at radius 3 is 2.06 bits per heavy atom. The Hall–Kier alpha value is -3.75. The number of ether oxygens (including phenoxy) is 3. The number of rotatable bonds is 6. The molecule has 2 aromatic rings. The molecule has 0 radical (unpaired) electrons. The molecule has 0 fully saturated rings. The Morgan fingerprint density at radius 1 is 0.875 bits per heavy atom. The number of anilines is 1. The third kappa shape index (κ3) is 7.50. The molecule has 2 rings (SSSR count). The van der Waals surface area contributed by atoms with Crippen LogP contribution in [0.3, 0.4) is 0 Å². The highest BCUT2D eigenvalue weighted by atomic mass is 16.6. The van der Waals surface area contributed by atoms with Crippen LogP contribution in [-0.2, 0) is 4.74 Å². The molecule has 0 bridgehead atoms. The minimum absolute atomic E-state index is 0.0524. The van der Waals surface area contributed by atoms with E-state index in [1.807, 2.05) is 13.8 Å². The number of nitrogens with one attached hydrogen (secondary N) is 3. The van der Waals surface area contributed by atoms with E-state index in [4.69, 9.17) is 14.2 Å². The summed E-state index contributed by atoms with van der Waals surface area (Å²) in [6.07, 6.45) is -0.689. The van der Waals surface area contributed by atoms with Gasteiger partial charge in [0, 0.05) is 16.8 Å². The number of carbonyl (C=O) groups excluding carboxylic acids is 3. The van der Waals surface area contributed by atoms with Crippen LogP contribution in [0.1, 0.15) is 55.3 Å². The van der Waals surface area contributed by atoms with Gasteiger partial charge in [-0.15, -0.1) is 0 Å². The molecule has 0 aliphatic rings. The van der Waals surface area contributed by atoms with Crippen LogP contribution >= 0.6 is 0 Å². The molecule has 3 N–H and O–H groups in total. The summed E-state index contributed by atoms with van der Waals surface area (Å²) in [6.45, 7) is 9.01.